The zero-order valence-corrected chi connectivity index (χ0v) is 10.7. The smallest absolute Gasteiger partial charge is 0.168 e. The zero-order valence-electron chi connectivity index (χ0n) is 10.7. The number of aromatic hydroxyl groups is 1. The monoisotopic (exact) mass is 255 g/mol. The van der Waals surface area contributed by atoms with Gasteiger partial charge in [0, 0.05) is 22.0 Å². The van der Waals surface area contributed by atoms with Crippen LogP contribution in [0.5, 0.6) is 11.5 Å². The second-order valence-electron chi connectivity index (χ2n) is 4.46. The summed E-state index contributed by atoms with van der Waals surface area (Å²) >= 11 is 0. The molecule has 4 nitrogen and oxygen atoms in total. The summed E-state index contributed by atoms with van der Waals surface area (Å²) in [6.45, 7) is 1.76. The first kappa shape index (κ1) is 11.6. The van der Waals surface area contributed by atoms with Gasteiger partial charge in [0.1, 0.15) is 0 Å². The molecule has 96 valence electrons. The molecule has 1 heterocycles. The van der Waals surface area contributed by atoms with E-state index in [2.05, 4.69) is 4.98 Å². The number of H-pyrrole nitrogens is 1. The molecular weight excluding hydrogens is 242 g/mol. The molecule has 0 spiro atoms. The van der Waals surface area contributed by atoms with Gasteiger partial charge < -0.3 is 14.8 Å². The van der Waals surface area contributed by atoms with Crippen molar-refractivity contribution >= 4 is 28.1 Å². The maximum Gasteiger partial charge on any atom is 0.168 e. The third-order valence-electron chi connectivity index (χ3n) is 3.49. The van der Waals surface area contributed by atoms with E-state index in [9.17, 15) is 9.90 Å². The van der Waals surface area contributed by atoms with Crippen LogP contribution in [0.1, 0.15) is 15.9 Å². The molecule has 0 saturated carbocycles. The molecule has 0 amide bonds. The Balaban J connectivity index is 2.63. The third-order valence-corrected chi connectivity index (χ3v) is 3.49. The van der Waals surface area contributed by atoms with Crippen molar-refractivity contribution in [3.8, 4) is 11.5 Å². The number of methoxy groups -OCH3 is 1. The van der Waals surface area contributed by atoms with Gasteiger partial charge in [-0.3, -0.25) is 4.79 Å². The Hall–Kier alpha value is -2.49. The fourth-order valence-corrected chi connectivity index (χ4v) is 2.59. The topological polar surface area (TPSA) is 62.3 Å². The molecule has 0 aliphatic rings. The quantitative estimate of drug-likeness (QED) is 0.691. The molecule has 19 heavy (non-hydrogen) atoms. The molecule has 3 aromatic rings. The van der Waals surface area contributed by atoms with Gasteiger partial charge in [0.05, 0.1) is 18.0 Å². The molecule has 0 atom stereocenters. The van der Waals surface area contributed by atoms with Gasteiger partial charge >= 0.3 is 0 Å². The molecule has 0 aliphatic carbocycles. The minimum atomic E-state index is 0.0676. The van der Waals surface area contributed by atoms with Crippen LogP contribution in [0, 0.1) is 6.92 Å². The van der Waals surface area contributed by atoms with E-state index in [0.717, 1.165) is 17.2 Å². The molecule has 0 bridgehead atoms. The number of hydrogen-bond acceptors (Lipinski definition) is 3. The fourth-order valence-electron chi connectivity index (χ4n) is 2.59. The number of aromatic amines is 1. The van der Waals surface area contributed by atoms with Crippen LogP contribution in [0.2, 0.25) is 0 Å². The van der Waals surface area contributed by atoms with Crippen molar-refractivity contribution in [2.75, 3.05) is 7.11 Å². The fraction of sp³-hybridized carbons (Fsp3) is 0.133. The summed E-state index contributed by atoms with van der Waals surface area (Å²) in [6.07, 6.45) is 0.787. The predicted octanol–water partition coefficient (Wildman–Crippen LogP) is 3.16. The van der Waals surface area contributed by atoms with E-state index in [4.69, 9.17) is 4.74 Å². The van der Waals surface area contributed by atoms with Crippen molar-refractivity contribution in [3.05, 3.63) is 35.4 Å². The summed E-state index contributed by atoms with van der Waals surface area (Å²) in [5, 5.41) is 11.9. The lowest BCUT2D eigenvalue weighted by atomic mass is 10.0. The SMILES string of the molecule is COc1c(C)c(C=O)c2[nH]c3ccccc3c2c1O. The first-order valence-corrected chi connectivity index (χ1v) is 5.94. The third kappa shape index (κ3) is 1.43. The second kappa shape index (κ2) is 4.02. The number of nitrogens with one attached hydrogen (secondary N) is 1. The molecule has 0 radical (unpaired) electrons. The van der Waals surface area contributed by atoms with Gasteiger partial charge in [-0.25, -0.2) is 0 Å². The van der Waals surface area contributed by atoms with Crippen molar-refractivity contribution in [1.29, 1.82) is 0 Å². The minimum absolute atomic E-state index is 0.0676. The van der Waals surface area contributed by atoms with Gasteiger partial charge in [0.2, 0.25) is 0 Å². The van der Waals surface area contributed by atoms with Crippen LogP contribution in [0.4, 0.5) is 0 Å². The molecule has 4 heteroatoms. The van der Waals surface area contributed by atoms with Gasteiger partial charge in [0.25, 0.3) is 0 Å². The van der Waals surface area contributed by atoms with Crippen LogP contribution in [0.15, 0.2) is 24.3 Å². The highest BCUT2D eigenvalue weighted by Gasteiger charge is 2.20. The van der Waals surface area contributed by atoms with E-state index in [1.165, 1.54) is 7.11 Å². The number of carbonyl (C=O) groups excluding carboxylic acids is 1. The normalized spacial score (nSPS) is 11.1. The van der Waals surface area contributed by atoms with Gasteiger partial charge in [-0.2, -0.15) is 0 Å². The first-order chi connectivity index (χ1) is 9.19. The summed E-state index contributed by atoms with van der Waals surface area (Å²) in [4.78, 5) is 14.5. The van der Waals surface area contributed by atoms with Crippen molar-refractivity contribution in [1.82, 2.24) is 4.98 Å². The Bertz CT molecular complexity index is 802. The molecule has 2 aromatic carbocycles. The highest BCUT2D eigenvalue weighted by atomic mass is 16.5. The van der Waals surface area contributed by atoms with E-state index in [-0.39, 0.29) is 5.75 Å². The Kier molecular flexibility index (Phi) is 2.45. The summed E-state index contributed by atoms with van der Waals surface area (Å²) in [5.41, 5.74) is 2.67. The molecule has 2 N–H and O–H groups in total. The Morgan fingerprint density at radius 3 is 2.74 bits per heavy atom. The highest BCUT2D eigenvalue weighted by Crippen LogP contribution is 2.43. The predicted molar refractivity (Wildman–Crippen MR) is 74.1 cm³/mol. The van der Waals surface area contributed by atoms with Crippen molar-refractivity contribution in [2.45, 2.75) is 6.92 Å². The molecule has 1 aromatic heterocycles. The number of hydrogen-bond donors (Lipinski definition) is 2. The number of ether oxygens (including phenoxy) is 1. The molecule has 0 fully saturated rings. The Morgan fingerprint density at radius 2 is 2.05 bits per heavy atom. The molecule has 0 aliphatic heterocycles. The van der Waals surface area contributed by atoms with E-state index in [1.807, 2.05) is 24.3 Å². The van der Waals surface area contributed by atoms with Crippen molar-refractivity contribution < 1.29 is 14.6 Å². The van der Waals surface area contributed by atoms with Crippen LogP contribution < -0.4 is 4.74 Å². The highest BCUT2D eigenvalue weighted by molar-refractivity contribution is 6.16. The second-order valence-corrected chi connectivity index (χ2v) is 4.46. The standard InChI is InChI=1S/C15H13NO3/c1-8-10(7-17)13-12(14(18)15(8)19-2)9-5-3-4-6-11(9)16-13/h3-7,16,18H,1-2H3. The molecular formula is C15H13NO3. The van der Waals surface area contributed by atoms with Crippen LogP contribution in [0.3, 0.4) is 0 Å². The number of carbonyl (C=O) groups is 1. The van der Waals surface area contributed by atoms with Crippen LogP contribution >= 0.6 is 0 Å². The number of benzene rings is 2. The summed E-state index contributed by atoms with van der Waals surface area (Å²) in [6, 6.07) is 7.60. The minimum Gasteiger partial charge on any atom is -0.504 e. The van der Waals surface area contributed by atoms with Crippen molar-refractivity contribution in [3.63, 3.8) is 0 Å². The number of fused-ring (bicyclic) bond motifs is 3. The summed E-state index contributed by atoms with van der Waals surface area (Å²) in [7, 11) is 1.48. The maximum atomic E-state index is 11.3. The number of rotatable bonds is 2. The average molecular weight is 255 g/mol. The summed E-state index contributed by atoms with van der Waals surface area (Å²) < 4.78 is 5.22. The zero-order chi connectivity index (χ0) is 13.6. The molecule has 0 saturated heterocycles. The van der Waals surface area contributed by atoms with E-state index >= 15 is 0 Å². The lowest BCUT2D eigenvalue weighted by Crippen LogP contribution is -1.95. The average Bonchev–Trinajstić information content (AvgIpc) is 2.79. The lowest BCUT2D eigenvalue weighted by Gasteiger charge is -2.11. The van der Waals surface area contributed by atoms with E-state index in [1.54, 1.807) is 6.92 Å². The van der Waals surface area contributed by atoms with Crippen LogP contribution in [-0.2, 0) is 0 Å². The number of phenolic OH excluding ortho intramolecular Hbond substituents is 1. The Morgan fingerprint density at radius 1 is 1.32 bits per heavy atom. The van der Waals surface area contributed by atoms with E-state index < -0.39 is 0 Å². The molecule has 0 unspecified atom stereocenters. The lowest BCUT2D eigenvalue weighted by molar-refractivity contribution is 0.112. The number of aromatic nitrogens is 1. The van der Waals surface area contributed by atoms with Gasteiger partial charge in [-0.1, -0.05) is 18.2 Å². The largest absolute Gasteiger partial charge is 0.504 e. The van der Waals surface area contributed by atoms with Crippen LogP contribution in [-0.4, -0.2) is 23.5 Å². The van der Waals surface area contributed by atoms with Crippen LogP contribution in [0.25, 0.3) is 21.8 Å². The van der Waals surface area contributed by atoms with E-state index in [0.29, 0.717) is 27.8 Å². The van der Waals surface area contributed by atoms with Gasteiger partial charge in [-0.15, -0.1) is 0 Å². The number of aldehydes is 1. The molecule has 3 rings (SSSR count). The van der Waals surface area contributed by atoms with Gasteiger partial charge in [0.15, 0.2) is 17.8 Å². The first-order valence-electron chi connectivity index (χ1n) is 5.94. The maximum absolute atomic E-state index is 11.3. The number of phenols is 1. The van der Waals surface area contributed by atoms with Crippen molar-refractivity contribution in [2.24, 2.45) is 0 Å². The van der Waals surface area contributed by atoms with Gasteiger partial charge in [-0.05, 0) is 13.0 Å². The number of para-hydroxylation sites is 1. The summed E-state index contributed by atoms with van der Waals surface area (Å²) in [5.74, 6) is 0.414. The Labute approximate surface area is 109 Å².